The molecule has 0 radical (unpaired) electrons. The Bertz CT molecular complexity index is 278. The monoisotopic (exact) mass is 256 g/mol. The molecule has 0 aromatic carbocycles. The van der Waals surface area contributed by atoms with Gasteiger partial charge < -0.3 is 20.3 Å². The molecule has 1 heterocycles. The molecule has 2 N–H and O–H groups in total. The maximum Gasteiger partial charge on any atom is 0.191 e. The molecule has 1 atom stereocenters. The summed E-state index contributed by atoms with van der Waals surface area (Å²) in [6, 6.07) is 0. The summed E-state index contributed by atoms with van der Waals surface area (Å²) in [4.78, 5) is 8.97. The van der Waals surface area contributed by atoms with Gasteiger partial charge in [-0.1, -0.05) is 13.8 Å². The average molecular weight is 256 g/mol. The minimum atomic E-state index is -0.0761. The van der Waals surface area contributed by atoms with Crippen LogP contribution in [0.1, 0.15) is 27.7 Å². The second-order valence-electron chi connectivity index (χ2n) is 4.99. The first-order valence-electron chi connectivity index (χ1n) is 6.95. The number of aliphatic imine (C=N–C) groups is 1. The Labute approximate surface area is 111 Å². The van der Waals surface area contributed by atoms with E-state index in [1.165, 1.54) is 0 Å². The number of likely N-dealkylation sites (N-methyl/N-ethyl adjacent to an activating group) is 1. The normalized spacial score (nSPS) is 23.8. The molecule has 1 aliphatic heterocycles. The molecule has 1 rings (SSSR count). The van der Waals surface area contributed by atoms with E-state index in [9.17, 15) is 0 Å². The van der Waals surface area contributed by atoms with Gasteiger partial charge in [-0.2, -0.15) is 0 Å². The highest BCUT2D eigenvalue weighted by molar-refractivity contribution is 5.81. The third kappa shape index (κ3) is 3.59. The van der Waals surface area contributed by atoms with Crippen LogP contribution in [0.2, 0.25) is 0 Å². The summed E-state index contributed by atoms with van der Waals surface area (Å²) >= 11 is 0. The zero-order valence-electron chi connectivity index (χ0n) is 12.3. The maximum atomic E-state index is 6.00. The molecule has 18 heavy (non-hydrogen) atoms. The summed E-state index contributed by atoms with van der Waals surface area (Å²) < 4.78 is 5.57. The molecule has 1 unspecified atom stereocenters. The molecule has 0 aromatic rings. The molecule has 106 valence electrons. The van der Waals surface area contributed by atoms with Gasteiger partial charge in [-0.25, -0.2) is 0 Å². The minimum Gasteiger partial charge on any atom is -0.379 e. The van der Waals surface area contributed by atoms with Crippen molar-refractivity contribution in [3.8, 4) is 0 Å². The fourth-order valence-electron chi connectivity index (χ4n) is 2.31. The molecule has 5 nitrogen and oxygen atoms in total. The molecule has 0 spiro atoms. The van der Waals surface area contributed by atoms with Crippen LogP contribution in [0, 0.1) is 0 Å². The fourth-order valence-corrected chi connectivity index (χ4v) is 2.31. The quantitative estimate of drug-likeness (QED) is 0.696. The van der Waals surface area contributed by atoms with Crippen molar-refractivity contribution in [3.63, 3.8) is 0 Å². The molecule has 5 heteroatoms. The zero-order chi connectivity index (χ0) is 13.6. The van der Waals surface area contributed by atoms with Crippen molar-refractivity contribution >= 4 is 5.96 Å². The lowest BCUT2D eigenvalue weighted by Crippen LogP contribution is -2.54. The van der Waals surface area contributed by atoms with Gasteiger partial charge in [-0.05, 0) is 26.9 Å². The highest BCUT2D eigenvalue weighted by Gasteiger charge is 2.37. The van der Waals surface area contributed by atoms with E-state index in [1.54, 1.807) is 0 Å². The topological polar surface area (TPSA) is 54.1 Å². The number of hydrogen-bond acceptors (Lipinski definition) is 5. The zero-order valence-corrected chi connectivity index (χ0v) is 12.3. The molecule has 0 aromatic heterocycles. The van der Waals surface area contributed by atoms with E-state index >= 15 is 0 Å². The van der Waals surface area contributed by atoms with Crippen LogP contribution >= 0.6 is 0 Å². The lowest BCUT2D eigenvalue weighted by molar-refractivity contribution is 0.0494. The third-order valence-corrected chi connectivity index (χ3v) is 3.66. The standard InChI is InChI=1S/C13H28N4O/c1-5-16(6-2)8-9-17-12(14)15-10-13(17,4)11-18-7-3/h5-11H2,1-4H3,(H2,14,15). The molecule has 0 amide bonds. The Morgan fingerprint density at radius 1 is 1.39 bits per heavy atom. The third-order valence-electron chi connectivity index (χ3n) is 3.66. The van der Waals surface area contributed by atoms with E-state index in [4.69, 9.17) is 10.5 Å². The van der Waals surface area contributed by atoms with E-state index in [0.29, 0.717) is 12.6 Å². The van der Waals surface area contributed by atoms with Crippen molar-refractivity contribution in [2.24, 2.45) is 10.7 Å². The smallest absolute Gasteiger partial charge is 0.191 e. The number of guanidine groups is 1. The lowest BCUT2D eigenvalue weighted by atomic mass is 10.0. The Hall–Kier alpha value is -0.810. The maximum absolute atomic E-state index is 6.00. The Kier molecular flexibility index (Phi) is 5.88. The van der Waals surface area contributed by atoms with Crippen LogP contribution in [0.25, 0.3) is 0 Å². The van der Waals surface area contributed by atoms with Gasteiger partial charge in [0.15, 0.2) is 5.96 Å². The highest BCUT2D eigenvalue weighted by atomic mass is 16.5. The van der Waals surface area contributed by atoms with E-state index in [0.717, 1.165) is 39.3 Å². The fraction of sp³-hybridized carbons (Fsp3) is 0.923. The number of ether oxygens (including phenoxy) is 1. The van der Waals surface area contributed by atoms with Crippen molar-refractivity contribution in [2.45, 2.75) is 33.2 Å². The van der Waals surface area contributed by atoms with Crippen molar-refractivity contribution in [1.82, 2.24) is 9.80 Å². The van der Waals surface area contributed by atoms with Crippen LogP contribution in [-0.4, -0.2) is 67.2 Å². The van der Waals surface area contributed by atoms with E-state index in [-0.39, 0.29) is 5.54 Å². The lowest BCUT2D eigenvalue weighted by Gasteiger charge is -2.37. The van der Waals surface area contributed by atoms with Crippen LogP contribution in [-0.2, 0) is 4.74 Å². The van der Waals surface area contributed by atoms with Crippen LogP contribution in [0.5, 0.6) is 0 Å². The predicted molar refractivity (Wildman–Crippen MR) is 75.9 cm³/mol. The van der Waals surface area contributed by atoms with Gasteiger partial charge in [0.05, 0.1) is 18.7 Å². The molecule has 0 saturated heterocycles. The largest absolute Gasteiger partial charge is 0.379 e. The number of rotatable bonds is 8. The summed E-state index contributed by atoms with van der Waals surface area (Å²) in [5.41, 5.74) is 5.92. The average Bonchev–Trinajstić information content (AvgIpc) is 2.66. The van der Waals surface area contributed by atoms with Gasteiger partial charge in [0.25, 0.3) is 0 Å². The van der Waals surface area contributed by atoms with Gasteiger partial charge in [-0.3, -0.25) is 4.99 Å². The first-order valence-corrected chi connectivity index (χ1v) is 6.95. The molecule has 0 saturated carbocycles. The number of hydrogen-bond donors (Lipinski definition) is 1. The summed E-state index contributed by atoms with van der Waals surface area (Å²) in [6.07, 6.45) is 0. The molecule has 0 bridgehead atoms. The van der Waals surface area contributed by atoms with Gasteiger partial charge in [0.2, 0.25) is 0 Å². The molecular formula is C13H28N4O. The SMILES string of the molecule is CCOCC1(C)CN=C(N)N1CCN(CC)CC. The summed E-state index contributed by atoms with van der Waals surface area (Å²) in [6.45, 7) is 14.8. The van der Waals surface area contributed by atoms with E-state index in [2.05, 4.69) is 35.6 Å². The molecule has 0 aliphatic carbocycles. The van der Waals surface area contributed by atoms with Gasteiger partial charge in [0.1, 0.15) is 0 Å². The predicted octanol–water partition coefficient (Wildman–Crippen LogP) is 0.754. The van der Waals surface area contributed by atoms with Gasteiger partial charge >= 0.3 is 0 Å². The molecular weight excluding hydrogens is 228 g/mol. The van der Waals surface area contributed by atoms with Crippen molar-refractivity contribution < 1.29 is 4.74 Å². The Balaban J connectivity index is 2.56. The van der Waals surface area contributed by atoms with Gasteiger partial charge in [-0.15, -0.1) is 0 Å². The molecule has 1 aliphatic rings. The molecule has 0 fully saturated rings. The summed E-state index contributed by atoms with van der Waals surface area (Å²) in [7, 11) is 0. The Morgan fingerprint density at radius 2 is 2.06 bits per heavy atom. The Morgan fingerprint density at radius 3 is 2.61 bits per heavy atom. The van der Waals surface area contributed by atoms with Crippen molar-refractivity contribution in [2.75, 3.05) is 45.9 Å². The van der Waals surface area contributed by atoms with Crippen LogP contribution < -0.4 is 5.73 Å². The van der Waals surface area contributed by atoms with E-state index in [1.807, 2.05) is 6.92 Å². The first-order chi connectivity index (χ1) is 8.57. The minimum absolute atomic E-state index is 0.0761. The van der Waals surface area contributed by atoms with Crippen LogP contribution in [0.15, 0.2) is 4.99 Å². The second kappa shape index (κ2) is 6.95. The second-order valence-corrected chi connectivity index (χ2v) is 4.99. The van der Waals surface area contributed by atoms with Crippen LogP contribution in [0.3, 0.4) is 0 Å². The highest BCUT2D eigenvalue weighted by Crippen LogP contribution is 2.21. The number of nitrogens with zero attached hydrogens (tertiary/aromatic N) is 3. The number of nitrogens with two attached hydrogens (primary N) is 1. The van der Waals surface area contributed by atoms with E-state index < -0.39 is 0 Å². The summed E-state index contributed by atoms with van der Waals surface area (Å²) in [5.74, 6) is 0.657. The van der Waals surface area contributed by atoms with Gasteiger partial charge in [0, 0.05) is 19.7 Å². The first kappa shape index (κ1) is 15.2. The van der Waals surface area contributed by atoms with Crippen LogP contribution in [0.4, 0.5) is 0 Å². The van der Waals surface area contributed by atoms with Crippen molar-refractivity contribution in [3.05, 3.63) is 0 Å². The van der Waals surface area contributed by atoms with Crippen molar-refractivity contribution in [1.29, 1.82) is 0 Å². The summed E-state index contributed by atoms with van der Waals surface area (Å²) in [5, 5.41) is 0.